The number of nitriles is 2. The van der Waals surface area contributed by atoms with Crippen molar-refractivity contribution in [2.75, 3.05) is 0 Å². The lowest BCUT2D eigenvalue weighted by Gasteiger charge is -2.16. The first-order chi connectivity index (χ1) is 21.0. The Balaban J connectivity index is 1.99. The van der Waals surface area contributed by atoms with E-state index in [0.29, 0.717) is 24.3 Å². The molecule has 0 amide bonds. The van der Waals surface area contributed by atoms with Crippen LogP contribution in [0.3, 0.4) is 0 Å². The minimum Gasteiger partial charge on any atom is -0.448 e. The summed E-state index contributed by atoms with van der Waals surface area (Å²) in [5.41, 5.74) is -8.91. The van der Waals surface area contributed by atoms with Crippen LogP contribution in [0.1, 0.15) is 22.3 Å². The summed E-state index contributed by atoms with van der Waals surface area (Å²) in [4.78, 5) is 21.1. The summed E-state index contributed by atoms with van der Waals surface area (Å²) in [5.74, 6) is -5.85. The van der Waals surface area contributed by atoms with Crippen molar-refractivity contribution in [3.05, 3.63) is 115 Å². The van der Waals surface area contributed by atoms with Crippen LogP contribution in [0.5, 0.6) is 11.5 Å². The second kappa shape index (κ2) is 11.5. The molecule has 0 aromatic heterocycles. The molecule has 0 aliphatic heterocycles. The number of nitrogens with zero attached hydrogens (tertiary/aromatic N) is 4. The zero-order valence-electron chi connectivity index (χ0n) is 21.6. The van der Waals surface area contributed by atoms with Gasteiger partial charge in [0.15, 0.2) is 23.1 Å². The third kappa shape index (κ3) is 6.04. The van der Waals surface area contributed by atoms with Crippen molar-refractivity contribution in [1.29, 1.82) is 10.5 Å². The maximum absolute atomic E-state index is 15.3. The van der Waals surface area contributed by atoms with Crippen LogP contribution in [0.4, 0.5) is 46.5 Å². The monoisotopic (exact) mass is 634 g/mol. The second-order valence-corrected chi connectivity index (χ2v) is 8.90. The second-order valence-electron chi connectivity index (χ2n) is 8.90. The van der Waals surface area contributed by atoms with E-state index in [4.69, 9.17) is 4.74 Å². The molecule has 0 atom stereocenters. The highest BCUT2D eigenvalue weighted by atomic mass is 19.4. The van der Waals surface area contributed by atoms with Gasteiger partial charge < -0.3 is 4.74 Å². The van der Waals surface area contributed by atoms with E-state index in [-0.39, 0.29) is 12.1 Å². The third-order valence-electron chi connectivity index (χ3n) is 6.25. The van der Waals surface area contributed by atoms with Crippen molar-refractivity contribution in [1.82, 2.24) is 0 Å². The van der Waals surface area contributed by atoms with E-state index in [0.717, 1.165) is 24.3 Å². The molecule has 9 nitrogen and oxygen atoms in total. The van der Waals surface area contributed by atoms with Crippen LogP contribution >= 0.6 is 0 Å². The zero-order valence-corrected chi connectivity index (χ0v) is 21.6. The van der Waals surface area contributed by atoms with Gasteiger partial charge in [-0.25, -0.2) is 8.78 Å². The van der Waals surface area contributed by atoms with Gasteiger partial charge in [-0.15, -0.1) is 0 Å². The molecule has 228 valence electrons. The first-order valence-corrected chi connectivity index (χ1v) is 11.8. The fourth-order valence-corrected chi connectivity index (χ4v) is 4.28. The molecule has 0 heterocycles. The molecule has 0 saturated heterocycles. The van der Waals surface area contributed by atoms with Gasteiger partial charge in [0.1, 0.15) is 23.3 Å². The molecule has 17 heteroatoms. The van der Waals surface area contributed by atoms with E-state index < -0.39 is 101 Å². The predicted molar refractivity (Wildman–Crippen MR) is 136 cm³/mol. The molecule has 0 saturated carbocycles. The van der Waals surface area contributed by atoms with E-state index in [9.17, 15) is 57.1 Å². The molecular formula is C28H10F8N4O5. The maximum atomic E-state index is 15.3. The number of hydrogen-bond acceptors (Lipinski definition) is 7. The Labute approximate surface area is 245 Å². The molecule has 4 aromatic rings. The summed E-state index contributed by atoms with van der Waals surface area (Å²) in [6.07, 6.45) is -9.63. The number of rotatable bonds is 6. The van der Waals surface area contributed by atoms with Gasteiger partial charge >= 0.3 is 12.4 Å². The molecule has 0 bridgehead atoms. The van der Waals surface area contributed by atoms with Gasteiger partial charge in [0.25, 0.3) is 11.4 Å². The number of ether oxygens (including phenoxy) is 1. The molecule has 0 spiro atoms. The van der Waals surface area contributed by atoms with Gasteiger partial charge in [-0.3, -0.25) is 20.2 Å². The molecule has 0 aliphatic rings. The van der Waals surface area contributed by atoms with Crippen molar-refractivity contribution < 1.29 is 49.7 Å². The number of halogens is 8. The molecule has 0 fully saturated rings. The molecule has 45 heavy (non-hydrogen) atoms. The van der Waals surface area contributed by atoms with E-state index in [1.54, 1.807) is 0 Å². The van der Waals surface area contributed by atoms with Crippen LogP contribution in [-0.4, -0.2) is 9.85 Å². The number of hydrogen-bond donors (Lipinski definition) is 0. The first kappa shape index (κ1) is 31.8. The van der Waals surface area contributed by atoms with E-state index in [1.807, 2.05) is 0 Å². The van der Waals surface area contributed by atoms with E-state index >= 15 is 8.78 Å². The van der Waals surface area contributed by atoms with Crippen LogP contribution < -0.4 is 4.74 Å². The highest BCUT2D eigenvalue weighted by Gasteiger charge is 2.35. The van der Waals surface area contributed by atoms with Gasteiger partial charge in [-0.1, -0.05) is 24.3 Å². The summed E-state index contributed by atoms with van der Waals surface area (Å²) < 4.78 is 114. The largest absolute Gasteiger partial charge is 0.448 e. The fraction of sp³-hybridized carbons (Fsp3) is 0.0714. The summed E-state index contributed by atoms with van der Waals surface area (Å²) >= 11 is 0. The normalized spacial score (nSPS) is 11.4. The minimum absolute atomic E-state index is 0.218. The molecule has 0 radical (unpaired) electrons. The van der Waals surface area contributed by atoms with Crippen molar-refractivity contribution in [2.45, 2.75) is 12.4 Å². The summed E-state index contributed by atoms with van der Waals surface area (Å²) in [7, 11) is 0. The van der Waals surface area contributed by atoms with E-state index in [1.165, 1.54) is 12.1 Å². The highest BCUT2D eigenvalue weighted by molar-refractivity contribution is 5.84. The average Bonchev–Trinajstić information content (AvgIpc) is 2.97. The van der Waals surface area contributed by atoms with Gasteiger partial charge in [0.05, 0.1) is 44.2 Å². The number of nitro benzene ring substituents is 2. The standard InChI is InChI=1S/C28H10F8N4O5/c29-19-9-21(39(41)42)23(13-1-5-15(6-2-13)27(31,32)33)17(11-37)25(19)45-26-18(12-38)24(22(40(43)44)10-20(26)30)14-3-7-16(8-4-14)28(34,35)36/h1-10H. The first-order valence-electron chi connectivity index (χ1n) is 11.8. The Morgan fingerprint density at radius 2 is 0.933 bits per heavy atom. The Bertz CT molecular complexity index is 1800. The van der Waals surface area contributed by atoms with Crippen LogP contribution in [0.15, 0.2) is 60.7 Å². The van der Waals surface area contributed by atoms with Gasteiger partial charge in [-0.05, 0) is 35.4 Å². The number of benzene rings is 4. The Hall–Kier alpha value is -6.10. The van der Waals surface area contributed by atoms with Crippen LogP contribution in [0, 0.1) is 54.5 Å². The van der Waals surface area contributed by atoms with Crippen molar-refractivity contribution in [2.24, 2.45) is 0 Å². The molecule has 0 aliphatic carbocycles. The van der Waals surface area contributed by atoms with Crippen molar-refractivity contribution in [3.8, 4) is 45.9 Å². The molecular weight excluding hydrogens is 624 g/mol. The smallest absolute Gasteiger partial charge is 0.416 e. The summed E-state index contributed by atoms with van der Waals surface area (Å²) in [6.45, 7) is 0. The molecule has 4 rings (SSSR count). The lowest BCUT2D eigenvalue weighted by Crippen LogP contribution is -2.06. The molecule has 4 aromatic carbocycles. The van der Waals surface area contributed by atoms with E-state index in [2.05, 4.69) is 0 Å². The van der Waals surface area contributed by atoms with Crippen molar-refractivity contribution >= 4 is 11.4 Å². The van der Waals surface area contributed by atoms with Gasteiger partial charge in [-0.2, -0.15) is 36.9 Å². The quantitative estimate of drug-likeness (QED) is 0.117. The molecule has 0 unspecified atom stereocenters. The summed E-state index contributed by atoms with van der Waals surface area (Å²) in [5, 5.41) is 43.2. The Morgan fingerprint density at radius 1 is 0.622 bits per heavy atom. The highest BCUT2D eigenvalue weighted by Crippen LogP contribution is 2.46. The fourth-order valence-electron chi connectivity index (χ4n) is 4.28. The van der Waals surface area contributed by atoms with Crippen LogP contribution in [-0.2, 0) is 12.4 Å². The molecule has 0 N–H and O–H groups in total. The Kier molecular flexibility index (Phi) is 8.16. The third-order valence-corrected chi connectivity index (χ3v) is 6.25. The zero-order chi connectivity index (χ0) is 33.4. The lowest BCUT2D eigenvalue weighted by molar-refractivity contribution is -0.384. The minimum atomic E-state index is -4.81. The topological polar surface area (TPSA) is 143 Å². The predicted octanol–water partition coefficient (Wildman–Crippen LogP) is 8.69. The number of alkyl halides is 6. The SMILES string of the molecule is N#Cc1c(Oc2c(F)cc([N+](=O)[O-])c(-c3ccc(C(F)(F)F)cc3)c2C#N)c(F)cc([N+](=O)[O-])c1-c1ccc(C(F)(F)F)cc1. The van der Waals surface area contributed by atoms with Crippen molar-refractivity contribution in [3.63, 3.8) is 0 Å². The van der Waals surface area contributed by atoms with Crippen LogP contribution in [0.2, 0.25) is 0 Å². The average molecular weight is 634 g/mol. The number of nitro groups is 2. The maximum Gasteiger partial charge on any atom is 0.416 e. The van der Waals surface area contributed by atoms with Gasteiger partial charge in [0.2, 0.25) is 0 Å². The van der Waals surface area contributed by atoms with Crippen LogP contribution in [0.25, 0.3) is 22.3 Å². The van der Waals surface area contributed by atoms with Gasteiger partial charge in [0, 0.05) is 0 Å². The lowest BCUT2D eigenvalue weighted by atomic mass is 9.95. The Morgan fingerprint density at radius 3 is 1.18 bits per heavy atom. The summed E-state index contributed by atoms with van der Waals surface area (Å²) in [6, 6.07) is 8.28.